The summed E-state index contributed by atoms with van der Waals surface area (Å²) in [4.78, 5) is 8.79. The van der Waals surface area contributed by atoms with Gasteiger partial charge in [-0.15, -0.1) is 0 Å². The molecule has 5 nitrogen and oxygen atoms in total. The molecule has 4 N–H and O–H groups in total. The molecule has 0 aromatic carbocycles. The largest absolute Gasteiger partial charge is 0.388 e. The molecule has 0 aliphatic carbocycles. The van der Waals surface area contributed by atoms with Crippen molar-refractivity contribution in [3.63, 3.8) is 0 Å². The maximum Gasteiger partial charge on any atom is 0.135 e. The zero-order chi connectivity index (χ0) is 14.8. The molecule has 0 aliphatic rings. The number of anilines is 2. The molecule has 0 radical (unpaired) electrons. The fourth-order valence-corrected chi connectivity index (χ4v) is 1.49. The van der Waals surface area contributed by atoms with Gasteiger partial charge in [-0.2, -0.15) is 0 Å². The first-order chi connectivity index (χ1) is 8.58. The lowest BCUT2D eigenvalue weighted by molar-refractivity contribution is 0.0238. The van der Waals surface area contributed by atoms with Gasteiger partial charge in [0.2, 0.25) is 0 Å². The van der Waals surface area contributed by atoms with Crippen LogP contribution in [0.2, 0.25) is 0 Å². The first-order valence-electron chi connectivity index (χ1n) is 6.72. The summed E-state index contributed by atoms with van der Waals surface area (Å²) in [6, 6.07) is 0. The Morgan fingerprint density at radius 2 is 1.79 bits per heavy atom. The van der Waals surface area contributed by atoms with E-state index in [1.807, 2.05) is 20.8 Å². The summed E-state index contributed by atoms with van der Waals surface area (Å²) in [5.74, 6) is 1.93. The number of aryl methyl sites for hydroxylation is 1. The standard InChI is InChI=1S/C14H26N4O/c1-7-8-10-16-11(15)9(2)12(17-10)18-13(3,4)14(5,6)19/h19H,7-8H2,1-6H3,(H3,15,16,17,18). The third-order valence-corrected chi connectivity index (χ3v) is 3.66. The molecule has 0 unspecified atom stereocenters. The zero-order valence-corrected chi connectivity index (χ0v) is 12.8. The number of rotatable bonds is 5. The Hall–Kier alpha value is -1.36. The molecule has 0 amide bonds. The van der Waals surface area contributed by atoms with Crippen molar-refractivity contribution in [3.05, 3.63) is 11.4 Å². The normalized spacial score (nSPS) is 12.6. The summed E-state index contributed by atoms with van der Waals surface area (Å²) in [5.41, 5.74) is 5.33. The van der Waals surface area contributed by atoms with Crippen LogP contribution in [0.3, 0.4) is 0 Å². The van der Waals surface area contributed by atoms with E-state index in [2.05, 4.69) is 22.2 Å². The molecule has 1 aromatic rings. The summed E-state index contributed by atoms with van der Waals surface area (Å²) < 4.78 is 0. The van der Waals surface area contributed by atoms with Crippen LogP contribution in [0.4, 0.5) is 11.6 Å². The third-order valence-electron chi connectivity index (χ3n) is 3.66. The van der Waals surface area contributed by atoms with Gasteiger partial charge < -0.3 is 16.2 Å². The minimum absolute atomic E-state index is 0.493. The van der Waals surface area contributed by atoms with Crippen molar-refractivity contribution in [1.82, 2.24) is 9.97 Å². The van der Waals surface area contributed by atoms with E-state index in [0.29, 0.717) is 11.6 Å². The second-order valence-corrected chi connectivity index (χ2v) is 6.06. The fourth-order valence-electron chi connectivity index (χ4n) is 1.49. The Bertz CT molecular complexity index is 449. The quantitative estimate of drug-likeness (QED) is 0.761. The second kappa shape index (κ2) is 5.33. The highest BCUT2D eigenvalue weighted by Crippen LogP contribution is 2.28. The van der Waals surface area contributed by atoms with Crippen molar-refractivity contribution in [1.29, 1.82) is 0 Å². The number of nitrogens with zero attached hydrogens (tertiary/aromatic N) is 2. The molecule has 0 bridgehead atoms. The lowest BCUT2D eigenvalue weighted by Crippen LogP contribution is -2.51. The van der Waals surface area contributed by atoms with Gasteiger partial charge in [-0.3, -0.25) is 0 Å². The van der Waals surface area contributed by atoms with Gasteiger partial charge in [0.15, 0.2) is 0 Å². The third kappa shape index (κ3) is 3.56. The van der Waals surface area contributed by atoms with Crippen LogP contribution in [0.25, 0.3) is 0 Å². The van der Waals surface area contributed by atoms with E-state index in [9.17, 15) is 5.11 Å². The highest BCUT2D eigenvalue weighted by atomic mass is 16.3. The summed E-state index contributed by atoms with van der Waals surface area (Å²) in [7, 11) is 0. The minimum Gasteiger partial charge on any atom is -0.388 e. The number of nitrogens with one attached hydrogen (secondary N) is 1. The van der Waals surface area contributed by atoms with Gasteiger partial charge in [0.25, 0.3) is 0 Å². The number of nitrogens with two attached hydrogens (primary N) is 1. The Morgan fingerprint density at radius 1 is 1.21 bits per heavy atom. The van der Waals surface area contributed by atoms with Gasteiger partial charge >= 0.3 is 0 Å². The molecule has 0 spiro atoms. The summed E-state index contributed by atoms with van der Waals surface area (Å²) in [6.07, 6.45) is 1.76. The van der Waals surface area contributed by atoms with Gasteiger partial charge in [-0.05, 0) is 41.0 Å². The van der Waals surface area contributed by atoms with Crippen LogP contribution in [0.15, 0.2) is 0 Å². The van der Waals surface area contributed by atoms with Gasteiger partial charge in [-0.1, -0.05) is 6.92 Å². The fraction of sp³-hybridized carbons (Fsp3) is 0.714. The molecule has 0 aliphatic heterocycles. The molecular weight excluding hydrogens is 240 g/mol. The maximum atomic E-state index is 10.2. The second-order valence-electron chi connectivity index (χ2n) is 6.06. The Morgan fingerprint density at radius 3 is 2.26 bits per heavy atom. The van der Waals surface area contributed by atoms with Crippen molar-refractivity contribution in [2.75, 3.05) is 11.1 Å². The number of aliphatic hydroxyl groups is 1. The van der Waals surface area contributed by atoms with E-state index in [-0.39, 0.29) is 0 Å². The number of hydrogen-bond donors (Lipinski definition) is 3. The molecule has 19 heavy (non-hydrogen) atoms. The highest BCUT2D eigenvalue weighted by molar-refractivity contribution is 5.56. The van der Waals surface area contributed by atoms with Crippen molar-refractivity contribution in [2.24, 2.45) is 0 Å². The minimum atomic E-state index is -0.885. The molecule has 0 fully saturated rings. The van der Waals surface area contributed by atoms with Gasteiger partial charge in [0.05, 0.1) is 11.1 Å². The Labute approximate surface area is 115 Å². The van der Waals surface area contributed by atoms with Crippen LogP contribution in [-0.2, 0) is 6.42 Å². The van der Waals surface area contributed by atoms with Gasteiger partial charge in [-0.25, -0.2) is 9.97 Å². The molecule has 0 saturated carbocycles. The monoisotopic (exact) mass is 266 g/mol. The van der Waals surface area contributed by atoms with E-state index in [1.165, 1.54) is 0 Å². The molecule has 0 saturated heterocycles. The Balaban J connectivity index is 3.13. The van der Waals surface area contributed by atoms with Crippen LogP contribution in [0.1, 0.15) is 52.4 Å². The molecule has 0 atom stereocenters. The van der Waals surface area contributed by atoms with E-state index in [1.54, 1.807) is 13.8 Å². The molecule has 1 rings (SSSR count). The highest BCUT2D eigenvalue weighted by Gasteiger charge is 2.35. The van der Waals surface area contributed by atoms with E-state index in [4.69, 9.17) is 5.73 Å². The number of hydrogen-bond acceptors (Lipinski definition) is 5. The molecule has 1 aromatic heterocycles. The average Bonchev–Trinajstić information content (AvgIpc) is 2.23. The van der Waals surface area contributed by atoms with Crippen LogP contribution < -0.4 is 11.1 Å². The molecule has 5 heteroatoms. The summed E-state index contributed by atoms with van der Waals surface area (Å²) in [5, 5.41) is 13.5. The predicted molar refractivity (Wildman–Crippen MR) is 79.2 cm³/mol. The average molecular weight is 266 g/mol. The van der Waals surface area contributed by atoms with Crippen molar-refractivity contribution in [2.45, 2.75) is 65.5 Å². The first kappa shape index (κ1) is 15.7. The van der Waals surface area contributed by atoms with Crippen molar-refractivity contribution < 1.29 is 5.11 Å². The van der Waals surface area contributed by atoms with Crippen molar-refractivity contribution >= 4 is 11.6 Å². The number of nitrogen functional groups attached to an aromatic ring is 1. The van der Waals surface area contributed by atoms with E-state index < -0.39 is 11.1 Å². The van der Waals surface area contributed by atoms with Gasteiger partial charge in [0, 0.05) is 12.0 Å². The smallest absolute Gasteiger partial charge is 0.135 e. The van der Waals surface area contributed by atoms with Crippen LogP contribution in [0.5, 0.6) is 0 Å². The summed E-state index contributed by atoms with van der Waals surface area (Å²) in [6.45, 7) is 11.4. The predicted octanol–water partition coefficient (Wildman–Crippen LogP) is 2.28. The topological polar surface area (TPSA) is 84.1 Å². The van der Waals surface area contributed by atoms with Crippen LogP contribution in [0, 0.1) is 6.92 Å². The SMILES string of the molecule is CCCc1nc(N)c(C)c(NC(C)(C)C(C)(C)O)n1. The van der Waals surface area contributed by atoms with Crippen LogP contribution in [-0.4, -0.2) is 26.2 Å². The first-order valence-corrected chi connectivity index (χ1v) is 6.72. The molecule has 1 heterocycles. The van der Waals surface area contributed by atoms with E-state index in [0.717, 1.165) is 24.2 Å². The summed E-state index contributed by atoms with van der Waals surface area (Å²) >= 11 is 0. The number of aromatic nitrogens is 2. The van der Waals surface area contributed by atoms with E-state index >= 15 is 0 Å². The maximum absolute atomic E-state index is 10.2. The van der Waals surface area contributed by atoms with Gasteiger partial charge in [0.1, 0.15) is 17.5 Å². The molecule has 108 valence electrons. The molecular formula is C14H26N4O. The zero-order valence-electron chi connectivity index (χ0n) is 12.8. The lowest BCUT2D eigenvalue weighted by Gasteiger charge is -2.38. The van der Waals surface area contributed by atoms with Crippen molar-refractivity contribution in [3.8, 4) is 0 Å². The Kier molecular flexibility index (Phi) is 4.40. The van der Waals surface area contributed by atoms with Crippen LogP contribution >= 0.6 is 0 Å². The lowest BCUT2D eigenvalue weighted by atomic mass is 9.86.